The molecule has 0 aliphatic heterocycles. The molecule has 0 spiro atoms. The lowest BCUT2D eigenvalue weighted by Crippen LogP contribution is -2.27. The maximum atomic E-state index is 3.77. The van der Waals surface area contributed by atoms with E-state index in [1.165, 1.54) is 5.57 Å². The van der Waals surface area contributed by atoms with Crippen LogP contribution in [0.1, 0.15) is 6.92 Å². The van der Waals surface area contributed by atoms with Crippen LogP contribution in [0.5, 0.6) is 0 Å². The molecule has 76 valence electrons. The Kier molecular flexibility index (Phi) is 3.48. The summed E-state index contributed by atoms with van der Waals surface area (Å²) in [5.74, 6) is 0. The molecular weight excluding hydrogens is 170 g/mol. The van der Waals surface area contributed by atoms with E-state index in [1.807, 2.05) is 6.08 Å². The zero-order chi connectivity index (χ0) is 10.6. The van der Waals surface area contributed by atoms with Crippen molar-refractivity contribution in [2.45, 2.75) is 6.92 Å². The van der Waals surface area contributed by atoms with Crippen LogP contribution >= 0.6 is 0 Å². The molecular formula is C13H19N. The minimum absolute atomic E-state index is 0.130. The third-order valence-electron chi connectivity index (χ3n) is 2.31. The highest BCUT2D eigenvalue weighted by Crippen LogP contribution is 2.24. The van der Waals surface area contributed by atoms with Gasteiger partial charge in [-0.05, 0) is 19.7 Å². The second-order valence-corrected chi connectivity index (χ2v) is 4.31. The number of allylic oxidation sites excluding steroid dienone is 5. The van der Waals surface area contributed by atoms with Gasteiger partial charge in [0.15, 0.2) is 0 Å². The Hall–Kier alpha value is -1.08. The van der Waals surface area contributed by atoms with E-state index in [1.54, 1.807) is 0 Å². The van der Waals surface area contributed by atoms with E-state index < -0.39 is 0 Å². The van der Waals surface area contributed by atoms with E-state index in [4.69, 9.17) is 0 Å². The highest BCUT2D eigenvalue weighted by atomic mass is 15.1. The van der Waals surface area contributed by atoms with Gasteiger partial charge in [0.05, 0.1) is 0 Å². The number of rotatable bonds is 3. The van der Waals surface area contributed by atoms with Gasteiger partial charge in [-0.2, -0.15) is 0 Å². The molecule has 0 aromatic rings. The summed E-state index contributed by atoms with van der Waals surface area (Å²) in [6.07, 6.45) is 12.7. The highest BCUT2D eigenvalue weighted by Gasteiger charge is 2.18. The van der Waals surface area contributed by atoms with E-state index in [-0.39, 0.29) is 5.41 Å². The van der Waals surface area contributed by atoms with Crippen molar-refractivity contribution in [2.75, 3.05) is 20.6 Å². The Morgan fingerprint density at radius 1 is 1.43 bits per heavy atom. The molecule has 1 atom stereocenters. The maximum Gasteiger partial charge on any atom is 0.0166 e. The molecule has 0 aromatic heterocycles. The molecule has 0 bridgehead atoms. The van der Waals surface area contributed by atoms with Crippen LogP contribution in [0.3, 0.4) is 0 Å². The molecule has 1 aliphatic carbocycles. The zero-order valence-corrected chi connectivity index (χ0v) is 9.33. The number of hydrogen-bond acceptors (Lipinski definition) is 1. The van der Waals surface area contributed by atoms with Crippen molar-refractivity contribution < 1.29 is 0 Å². The van der Waals surface area contributed by atoms with Gasteiger partial charge >= 0.3 is 0 Å². The van der Waals surface area contributed by atoms with Crippen LogP contribution in [0.25, 0.3) is 0 Å². The Labute approximate surface area is 87.1 Å². The van der Waals surface area contributed by atoms with E-state index in [0.29, 0.717) is 0 Å². The van der Waals surface area contributed by atoms with E-state index >= 15 is 0 Å². The quantitative estimate of drug-likeness (QED) is 0.660. The van der Waals surface area contributed by atoms with Gasteiger partial charge in [-0.25, -0.2) is 0 Å². The SMILES string of the molecule is C=CC1=CC=CC(C)(CN(C)C)C=C1. The standard InChI is InChI=1S/C13H19N/c1-5-12-7-6-9-13(2,10-8-12)11-14(3)4/h5-10H,1,11H2,2-4H3. The molecule has 0 heterocycles. The highest BCUT2D eigenvalue weighted by molar-refractivity contribution is 5.37. The van der Waals surface area contributed by atoms with Gasteiger partial charge in [0.1, 0.15) is 0 Å². The number of nitrogens with zero attached hydrogens (tertiary/aromatic N) is 1. The molecule has 1 rings (SSSR count). The van der Waals surface area contributed by atoms with Crippen LogP contribution < -0.4 is 0 Å². The van der Waals surface area contributed by atoms with Gasteiger partial charge in [0.25, 0.3) is 0 Å². The summed E-state index contributed by atoms with van der Waals surface area (Å²) in [4.78, 5) is 2.20. The largest absolute Gasteiger partial charge is 0.308 e. The molecule has 0 saturated carbocycles. The normalized spacial score (nSPS) is 26.1. The summed E-state index contributed by atoms with van der Waals surface area (Å²) in [6, 6.07) is 0. The van der Waals surface area contributed by atoms with Crippen LogP contribution in [0.2, 0.25) is 0 Å². The topological polar surface area (TPSA) is 3.24 Å². The first-order chi connectivity index (χ1) is 6.56. The fraction of sp³-hybridized carbons (Fsp3) is 0.385. The summed E-state index contributed by atoms with van der Waals surface area (Å²) in [6.45, 7) is 7.03. The maximum absolute atomic E-state index is 3.77. The van der Waals surface area contributed by atoms with Crippen LogP contribution in [0.4, 0.5) is 0 Å². The number of hydrogen-bond donors (Lipinski definition) is 0. The van der Waals surface area contributed by atoms with Crippen molar-refractivity contribution >= 4 is 0 Å². The van der Waals surface area contributed by atoms with Gasteiger partial charge in [-0.1, -0.05) is 50.0 Å². The van der Waals surface area contributed by atoms with Gasteiger partial charge in [0, 0.05) is 12.0 Å². The zero-order valence-electron chi connectivity index (χ0n) is 9.33. The first-order valence-electron chi connectivity index (χ1n) is 4.92. The van der Waals surface area contributed by atoms with Crippen molar-refractivity contribution in [1.29, 1.82) is 0 Å². The first kappa shape index (κ1) is 11.0. The molecule has 1 unspecified atom stereocenters. The van der Waals surface area contributed by atoms with E-state index in [9.17, 15) is 0 Å². The lowest BCUT2D eigenvalue weighted by atomic mass is 9.89. The Balaban J connectivity index is 2.81. The fourth-order valence-corrected chi connectivity index (χ4v) is 1.70. The third kappa shape index (κ3) is 3.00. The Morgan fingerprint density at radius 3 is 2.71 bits per heavy atom. The predicted octanol–water partition coefficient (Wildman–Crippen LogP) is 2.79. The van der Waals surface area contributed by atoms with Crippen molar-refractivity contribution in [3.8, 4) is 0 Å². The molecule has 1 nitrogen and oxygen atoms in total. The van der Waals surface area contributed by atoms with Crippen molar-refractivity contribution in [2.24, 2.45) is 5.41 Å². The molecule has 0 amide bonds. The molecule has 0 saturated heterocycles. The Morgan fingerprint density at radius 2 is 2.14 bits per heavy atom. The first-order valence-corrected chi connectivity index (χ1v) is 4.92. The fourth-order valence-electron chi connectivity index (χ4n) is 1.70. The smallest absolute Gasteiger partial charge is 0.0166 e. The molecule has 0 N–H and O–H groups in total. The molecule has 1 aliphatic rings. The average molecular weight is 189 g/mol. The van der Waals surface area contributed by atoms with Gasteiger partial charge < -0.3 is 4.90 Å². The summed E-state index contributed by atoms with van der Waals surface area (Å²) >= 11 is 0. The van der Waals surface area contributed by atoms with Crippen LogP contribution in [0, 0.1) is 5.41 Å². The van der Waals surface area contributed by atoms with Gasteiger partial charge in [-0.15, -0.1) is 0 Å². The average Bonchev–Trinajstić information content (AvgIpc) is 2.26. The molecule has 14 heavy (non-hydrogen) atoms. The van der Waals surface area contributed by atoms with Crippen LogP contribution in [-0.4, -0.2) is 25.5 Å². The van der Waals surface area contributed by atoms with Crippen LogP contribution in [-0.2, 0) is 0 Å². The second kappa shape index (κ2) is 4.43. The summed E-state index contributed by atoms with van der Waals surface area (Å²) in [7, 11) is 4.19. The third-order valence-corrected chi connectivity index (χ3v) is 2.31. The van der Waals surface area contributed by atoms with E-state index in [0.717, 1.165) is 6.54 Å². The minimum atomic E-state index is 0.130. The molecule has 0 fully saturated rings. The van der Waals surface area contributed by atoms with E-state index in [2.05, 4.69) is 62.9 Å². The van der Waals surface area contributed by atoms with Crippen molar-refractivity contribution in [3.05, 3.63) is 48.6 Å². The molecule has 0 aromatic carbocycles. The van der Waals surface area contributed by atoms with Crippen LogP contribution in [0.15, 0.2) is 48.6 Å². The van der Waals surface area contributed by atoms with Gasteiger partial charge in [0.2, 0.25) is 0 Å². The molecule has 0 radical (unpaired) electrons. The monoisotopic (exact) mass is 189 g/mol. The molecule has 1 heteroatoms. The van der Waals surface area contributed by atoms with Crippen molar-refractivity contribution in [1.82, 2.24) is 4.90 Å². The second-order valence-electron chi connectivity index (χ2n) is 4.31. The Bertz CT molecular complexity index is 294. The summed E-state index contributed by atoms with van der Waals surface area (Å²) in [5.41, 5.74) is 1.30. The predicted molar refractivity (Wildman–Crippen MR) is 63.2 cm³/mol. The minimum Gasteiger partial charge on any atom is -0.308 e. The lowest BCUT2D eigenvalue weighted by Gasteiger charge is -2.25. The van der Waals surface area contributed by atoms with Gasteiger partial charge in [-0.3, -0.25) is 0 Å². The van der Waals surface area contributed by atoms with Crippen molar-refractivity contribution in [3.63, 3.8) is 0 Å². The summed E-state index contributed by atoms with van der Waals surface area (Å²) < 4.78 is 0. The summed E-state index contributed by atoms with van der Waals surface area (Å²) in [5, 5.41) is 0. The lowest BCUT2D eigenvalue weighted by molar-refractivity contribution is 0.319.